The summed E-state index contributed by atoms with van der Waals surface area (Å²) in [5.74, 6) is 0.186. The lowest BCUT2D eigenvalue weighted by molar-refractivity contribution is -0.389. The molecule has 1 aromatic heterocycles. The second-order valence-corrected chi connectivity index (χ2v) is 4.65. The molecule has 92 valence electrons. The third-order valence-electron chi connectivity index (χ3n) is 3.04. The molecule has 0 aliphatic heterocycles. The molecule has 2 rings (SSSR count). The van der Waals surface area contributed by atoms with Crippen molar-refractivity contribution in [2.24, 2.45) is 5.92 Å². The van der Waals surface area contributed by atoms with Crippen molar-refractivity contribution in [1.29, 1.82) is 0 Å². The SMILES string of the molecule is CC(O)(CNc1ccc([N+](=O)[O-])nc1)C1CC1. The fourth-order valence-corrected chi connectivity index (χ4v) is 1.73. The Hall–Kier alpha value is -1.69. The van der Waals surface area contributed by atoms with E-state index >= 15 is 0 Å². The Bertz CT molecular complexity index is 412. The van der Waals surface area contributed by atoms with Gasteiger partial charge in [-0.15, -0.1) is 0 Å². The van der Waals surface area contributed by atoms with Crippen LogP contribution in [0.25, 0.3) is 0 Å². The first-order valence-corrected chi connectivity index (χ1v) is 5.56. The van der Waals surface area contributed by atoms with Crippen molar-refractivity contribution in [3.8, 4) is 0 Å². The molecule has 0 saturated heterocycles. The first kappa shape index (κ1) is 11.8. The largest absolute Gasteiger partial charge is 0.388 e. The number of nitrogens with one attached hydrogen (secondary N) is 1. The molecule has 1 saturated carbocycles. The zero-order valence-electron chi connectivity index (χ0n) is 9.59. The van der Waals surface area contributed by atoms with Gasteiger partial charge in [0.15, 0.2) is 6.20 Å². The summed E-state index contributed by atoms with van der Waals surface area (Å²) in [4.78, 5) is 13.6. The number of anilines is 1. The number of rotatable bonds is 5. The smallest absolute Gasteiger partial charge is 0.363 e. The van der Waals surface area contributed by atoms with Crippen LogP contribution in [-0.4, -0.2) is 27.2 Å². The van der Waals surface area contributed by atoms with Gasteiger partial charge in [-0.25, -0.2) is 0 Å². The lowest BCUT2D eigenvalue weighted by Gasteiger charge is -2.23. The van der Waals surface area contributed by atoms with Gasteiger partial charge in [-0.2, -0.15) is 0 Å². The molecular weight excluding hydrogens is 222 g/mol. The number of pyridine rings is 1. The highest BCUT2D eigenvalue weighted by atomic mass is 16.6. The van der Waals surface area contributed by atoms with Crippen LogP contribution in [0.1, 0.15) is 19.8 Å². The van der Waals surface area contributed by atoms with Crippen molar-refractivity contribution >= 4 is 11.5 Å². The van der Waals surface area contributed by atoms with Gasteiger partial charge < -0.3 is 20.5 Å². The van der Waals surface area contributed by atoms with Gasteiger partial charge in [0.05, 0.1) is 11.3 Å². The predicted octanol–water partition coefficient (Wildman–Crippen LogP) is 1.56. The maximum absolute atomic E-state index is 10.4. The van der Waals surface area contributed by atoms with Crippen molar-refractivity contribution in [1.82, 2.24) is 4.98 Å². The summed E-state index contributed by atoms with van der Waals surface area (Å²) in [6, 6.07) is 2.93. The summed E-state index contributed by atoms with van der Waals surface area (Å²) < 4.78 is 0. The Labute approximate surface area is 98.8 Å². The van der Waals surface area contributed by atoms with Gasteiger partial charge in [-0.1, -0.05) is 0 Å². The van der Waals surface area contributed by atoms with Crippen molar-refractivity contribution in [2.75, 3.05) is 11.9 Å². The molecule has 1 unspecified atom stereocenters. The fourth-order valence-electron chi connectivity index (χ4n) is 1.73. The van der Waals surface area contributed by atoms with Crippen LogP contribution in [-0.2, 0) is 0 Å². The maximum Gasteiger partial charge on any atom is 0.363 e. The molecule has 1 aliphatic carbocycles. The van der Waals surface area contributed by atoms with Crippen LogP contribution < -0.4 is 5.32 Å². The van der Waals surface area contributed by atoms with Crippen LogP contribution >= 0.6 is 0 Å². The van der Waals surface area contributed by atoms with E-state index in [-0.39, 0.29) is 5.82 Å². The normalized spacial score (nSPS) is 18.5. The van der Waals surface area contributed by atoms with Gasteiger partial charge in [0.25, 0.3) is 0 Å². The van der Waals surface area contributed by atoms with Gasteiger partial charge in [0.1, 0.15) is 0 Å². The number of nitrogens with zero attached hydrogens (tertiary/aromatic N) is 2. The first-order valence-electron chi connectivity index (χ1n) is 5.56. The average molecular weight is 237 g/mol. The van der Waals surface area contributed by atoms with Crippen molar-refractivity contribution in [2.45, 2.75) is 25.4 Å². The number of hydrogen-bond donors (Lipinski definition) is 2. The predicted molar refractivity (Wildman–Crippen MR) is 62.7 cm³/mol. The Kier molecular flexibility index (Phi) is 2.97. The van der Waals surface area contributed by atoms with E-state index in [1.165, 1.54) is 12.3 Å². The number of aromatic nitrogens is 1. The summed E-state index contributed by atoms with van der Waals surface area (Å²) in [5.41, 5.74) is -0.0431. The second kappa shape index (κ2) is 4.29. The molecule has 0 radical (unpaired) electrons. The zero-order chi connectivity index (χ0) is 12.5. The van der Waals surface area contributed by atoms with E-state index < -0.39 is 10.5 Å². The Balaban J connectivity index is 1.92. The van der Waals surface area contributed by atoms with Crippen LogP contribution in [0.4, 0.5) is 11.5 Å². The third-order valence-corrected chi connectivity index (χ3v) is 3.04. The molecule has 1 atom stereocenters. The molecule has 0 spiro atoms. The van der Waals surface area contributed by atoms with E-state index in [2.05, 4.69) is 10.3 Å². The molecule has 1 fully saturated rings. The second-order valence-electron chi connectivity index (χ2n) is 4.65. The van der Waals surface area contributed by atoms with E-state index in [0.717, 1.165) is 12.8 Å². The molecular formula is C11H15N3O3. The molecule has 0 aromatic carbocycles. The number of nitro groups is 1. The Morgan fingerprint density at radius 1 is 1.65 bits per heavy atom. The molecule has 17 heavy (non-hydrogen) atoms. The summed E-state index contributed by atoms with van der Waals surface area (Å²) in [6.07, 6.45) is 3.53. The van der Waals surface area contributed by atoms with Crippen molar-refractivity contribution in [3.05, 3.63) is 28.4 Å². The van der Waals surface area contributed by atoms with Crippen LogP contribution in [0.5, 0.6) is 0 Å². The van der Waals surface area contributed by atoms with Crippen LogP contribution in [0.3, 0.4) is 0 Å². The number of aliphatic hydroxyl groups is 1. The molecule has 1 heterocycles. The van der Waals surface area contributed by atoms with Gasteiger partial charge in [0.2, 0.25) is 0 Å². The van der Waals surface area contributed by atoms with Crippen molar-refractivity contribution in [3.63, 3.8) is 0 Å². The molecule has 0 amide bonds. The van der Waals surface area contributed by atoms with E-state index in [1.54, 1.807) is 13.0 Å². The zero-order valence-corrected chi connectivity index (χ0v) is 9.59. The molecule has 2 N–H and O–H groups in total. The lowest BCUT2D eigenvalue weighted by Crippen LogP contribution is -2.35. The minimum Gasteiger partial charge on any atom is -0.388 e. The van der Waals surface area contributed by atoms with Crippen LogP contribution in [0.15, 0.2) is 18.3 Å². The summed E-state index contributed by atoms with van der Waals surface area (Å²) in [6.45, 7) is 2.23. The molecule has 1 aliphatic rings. The fraction of sp³-hybridized carbons (Fsp3) is 0.545. The highest BCUT2D eigenvalue weighted by molar-refractivity contribution is 5.43. The monoisotopic (exact) mass is 237 g/mol. The van der Waals surface area contributed by atoms with Crippen LogP contribution in [0.2, 0.25) is 0 Å². The Morgan fingerprint density at radius 3 is 2.82 bits per heavy atom. The highest BCUT2D eigenvalue weighted by Gasteiger charge is 2.39. The van der Waals surface area contributed by atoms with Crippen LogP contribution in [0, 0.1) is 16.0 Å². The molecule has 6 nitrogen and oxygen atoms in total. The van der Waals surface area contributed by atoms with E-state index in [9.17, 15) is 15.2 Å². The highest BCUT2D eigenvalue weighted by Crippen LogP contribution is 2.39. The van der Waals surface area contributed by atoms with Gasteiger partial charge in [-0.05, 0) is 41.7 Å². The Morgan fingerprint density at radius 2 is 2.35 bits per heavy atom. The molecule has 0 bridgehead atoms. The minimum absolute atomic E-state index is 0.176. The van der Waals surface area contributed by atoms with E-state index in [1.807, 2.05) is 0 Å². The molecule has 1 aromatic rings. The van der Waals surface area contributed by atoms with E-state index in [0.29, 0.717) is 18.2 Å². The van der Waals surface area contributed by atoms with Gasteiger partial charge in [0, 0.05) is 12.6 Å². The maximum atomic E-state index is 10.4. The average Bonchev–Trinajstić information content (AvgIpc) is 3.11. The lowest BCUT2D eigenvalue weighted by atomic mass is 10.0. The van der Waals surface area contributed by atoms with Gasteiger partial charge in [-0.3, -0.25) is 0 Å². The summed E-state index contributed by atoms with van der Waals surface area (Å²) in [5, 5.41) is 23.5. The quantitative estimate of drug-likeness (QED) is 0.599. The third kappa shape index (κ3) is 2.91. The minimum atomic E-state index is -0.720. The van der Waals surface area contributed by atoms with E-state index in [4.69, 9.17) is 0 Å². The first-order chi connectivity index (χ1) is 7.99. The molecule has 6 heteroatoms. The van der Waals surface area contributed by atoms with Gasteiger partial charge >= 0.3 is 5.82 Å². The summed E-state index contributed by atoms with van der Waals surface area (Å²) in [7, 11) is 0. The van der Waals surface area contributed by atoms with Crippen molar-refractivity contribution < 1.29 is 10.0 Å². The number of hydrogen-bond acceptors (Lipinski definition) is 5. The standard InChI is InChI=1S/C11H15N3O3/c1-11(15,8-2-3-8)7-13-9-4-5-10(12-6-9)14(16)17/h4-6,8,13,15H,2-3,7H2,1H3. The summed E-state index contributed by atoms with van der Waals surface area (Å²) >= 11 is 0. The topological polar surface area (TPSA) is 88.3 Å².